The molecule has 22 nitrogen and oxygen atoms in total. The number of alkyl halides is 1. The molecular weight excluding hydrogens is 2130 g/mol. The van der Waals surface area contributed by atoms with Gasteiger partial charge in [-0.3, -0.25) is 62.3 Å². The molecule has 7 aliphatic rings. The van der Waals surface area contributed by atoms with Crippen molar-refractivity contribution in [3.05, 3.63) is 259 Å². The Labute approximate surface area is 986 Å². The Morgan fingerprint density at radius 2 is 0.583 bits per heavy atom. The number of rotatable bonds is 43. The summed E-state index contributed by atoms with van der Waals surface area (Å²) in [5.41, 5.74) is 12.7. The van der Waals surface area contributed by atoms with Crippen molar-refractivity contribution >= 4 is 93.1 Å². The summed E-state index contributed by atoms with van der Waals surface area (Å²) in [4.78, 5) is 160. The molecule has 0 amide bonds. The van der Waals surface area contributed by atoms with Crippen molar-refractivity contribution in [2.75, 3.05) is 18.5 Å². The second kappa shape index (κ2) is 70.1. The van der Waals surface area contributed by atoms with Gasteiger partial charge >= 0.3 is 180 Å². The third-order valence-electron chi connectivity index (χ3n) is 26.6. The van der Waals surface area contributed by atoms with E-state index in [1.165, 1.54) is 76.0 Å². The summed E-state index contributed by atoms with van der Waals surface area (Å²) in [6, 6.07) is 0. The van der Waals surface area contributed by atoms with Gasteiger partial charge in [-0.05, 0) is 212 Å². The molecule has 0 bridgehead atoms. The van der Waals surface area contributed by atoms with Crippen molar-refractivity contribution in [1.82, 2.24) is 0 Å². The van der Waals surface area contributed by atoms with Gasteiger partial charge in [0.2, 0.25) is 0 Å². The predicted molar refractivity (Wildman–Crippen MR) is 565 cm³/mol. The first kappa shape index (κ1) is 133. The summed E-state index contributed by atoms with van der Waals surface area (Å²) in [6.07, 6.45) is 72.6. The van der Waals surface area contributed by atoms with Crippen LogP contribution in [0.4, 0.5) is 0 Å². The molecule has 2 N–H and O–H groups in total. The van der Waals surface area contributed by atoms with Crippen LogP contribution in [0.15, 0.2) is 259 Å². The summed E-state index contributed by atoms with van der Waals surface area (Å²) in [5, 5.41) is 27.3. The van der Waals surface area contributed by atoms with Crippen LogP contribution in [0.5, 0.6) is 0 Å². The Hall–Kier alpha value is -7.07. The van der Waals surface area contributed by atoms with Gasteiger partial charge in [-0.25, -0.2) is 0 Å². The zero-order chi connectivity index (χ0) is 106. The number of ether oxygens (including phenoxy) is 5. The van der Waals surface area contributed by atoms with Crippen LogP contribution in [0, 0.1) is 45.3 Å². The number of halogens is 1. The van der Waals surface area contributed by atoms with E-state index in [2.05, 4.69) is 34.7 Å². The quantitative estimate of drug-likeness (QED) is 0.0109. The first-order valence-corrected chi connectivity index (χ1v) is 51.5. The number of esters is 5. The van der Waals surface area contributed by atoms with Gasteiger partial charge in [-0.1, -0.05) is 344 Å². The number of carbonyl (C=O) groups excluding carboxylic acids is 11. The Kier molecular flexibility index (Phi) is 64.7. The largest absolute Gasteiger partial charge is 1.00 e. The molecule has 3 saturated carbocycles. The van der Waals surface area contributed by atoms with Crippen molar-refractivity contribution in [2.24, 2.45) is 45.3 Å². The van der Waals surface area contributed by atoms with E-state index in [4.69, 9.17) is 43.9 Å². The van der Waals surface area contributed by atoms with Crippen molar-refractivity contribution in [2.45, 2.75) is 337 Å². The maximum absolute atomic E-state index is 13.5. The molecular formula is C119H161BrCs2O22. The van der Waals surface area contributed by atoms with Crippen molar-refractivity contribution < 1.29 is 246 Å². The van der Waals surface area contributed by atoms with Crippen LogP contribution in [-0.2, 0) is 90.9 Å². The number of carboxylic acids is 2. The summed E-state index contributed by atoms with van der Waals surface area (Å²) in [5.74, 6) is -4.15. The molecule has 0 aliphatic heterocycles. The van der Waals surface area contributed by atoms with E-state index in [1.54, 1.807) is 20.8 Å². The van der Waals surface area contributed by atoms with Crippen LogP contribution in [0.3, 0.4) is 0 Å². The first-order chi connectivity index (χ1) is 67.0. The monoisotopic (exact) mass is 2290 g/mol. The Bertz CT molecular complexity index is 4840. The van der Waals surface area contributed by atoms with Crippen molar-refractivity contribution in [3.63, 3.8) is 0 Å². The van der Waals surface area contributed by atoms with E-state index in [-0.39, 0.29) is 250 Å². The maximum Gasteiger partial charge on any atom is 1.00 e. The van der Waals surface area contributed by atoms with Crippen LogP contribution in [0.25, 0.3) is 0 Å². The number of hydrogen-bond acceptors (Lipinski definition) is 20. The van der Waals surface area contributed by atoms with E-state index in [1.807, 2.05) is 274 Å². The number of carboxylic acid groups (broad SMARTS) is 2. The SMILES string of the molecule is BrCC1CCCCC1.CC1=C(/C=C/C(C)=C/C=C/C(C)=C/C=C/C=C(C)/C=C/C=C(C)/C=C/C2=C(C)C(=O)C(OC(=O)CCC(=O)O)CC2(C)C)C(C)(C)CC(OC(=O)CCC(=O)O)C1=O.CC1=C(/C=C/C(C)=C/C=C/C(C)=C/C=C/C=C(C)/C=C/C=C(C)/C=C/C2=C(C)C(=O)C(OC(=O)CCC(=O)OCC3CCCCC3)CC2(C)C)C(C)(C)CC(CC(=O)CCC(=O)OCC2CCCCC2)C1=O.O=CO[O-].[Cs+].[Cs+].[H-]. The van der Waals surface area contributed by atoms with Crippen LogP contribution >= 0.6 is 15.9 Å². The van der Waals surface area contributed by atoms with Gasteiger partial charge in [0.15, 0.2) is 41.4 Å². The second-order valence-electron chi connectivity index (χ2n) is 41.2. The molecule has 3 fully saturated rings. The average molecular weight is 2290 g/mol. The molecule has 0 spiro atoms. The second-order valence-corrected chi connectivity index (χ2v) is 41.8. The first-order valence-electron chi connectivity index (χ1n) is 50.3. The molecule has 144 heavy (non-hydrogen) atoms. The Balaban J connectivity index is 0.00000129. The van der Waals surface area contributed by atoms with E-state index < -0.39 is 70.4 Å². The predicted octanol–water partition coefficient (Wildman–Crippen LogP) is 19.7. The van der Waals surface area contributed by atoms with E-state index in [9.17, 15) is 57.5 Å². The molecule has 0 aromatic heterocycles. The molecule has 25 heteroatoms. The minimum Gasteiger partial charge on any atom is -1.00 e. The third kappa shape index (κ3) is 51.9. The molecule has 0 saturated heterocycles. The fraction of sp³-hybridized carbons (Fsp3) is 0.521. The molecule has 7 aliphatic carbocycles. The zero-order valence-electron chi connectivity index (χ0n) is 91.1. The van der Waals surface area contributed by atoms with Crippen LogP contribution in [0.1, 0.15) is 320 Å². The van der Waals surface area contributed by atoms with E-state index in [0.29, 0.717) is 73.0 Å². The van der Waals surface area contributed by atoms with Gasteiger partial charge < -0.3 is 45.5 Å². The molecule has 0 aromatic carbocycles. The Morgan fingerprint density at radius 1 is 0.347 bits per heavy atom. The van der Waals surface area contributed by atoms with Gasteiger partial charge in [0.25, 0.3) is 6.47 Å². The molecule has 0 aromatic rings. The summed E-state index contributed by atoms with van der Waals surface area (Å²) in [7, 11) is 0. The Morgan fingerprint density at radius 3 is 0.847 bits per heavy atom. The van der Waals surface area contributed by atoms with E-state index in [0.717, 1.165) is 98.5 Å². The molecule has 0 radical (unpaired) electrons. The fourth-order valence-corrected chi connectivity index (χ4v) is 19.0. The normalized spacial score (nSPS) is 21.1. The summed E-state index contributed by atoms with van der Waals surface area (Å²) < 4.78 is 27.2. The van der Waals surface area contributed by atoms with Gasteiger partial charge in [0, 0.05) is 43.4 Å². The van der Waals surface area contributed by atoms with E-state index >= 15 is 0 Å². The average Bonchev–Trinajstić information content (AvgIpc) is 0.794. The number of carbonyl (C=O) groups is 13. The van der Waals surface area contributed by atoms with Crippen LogP contribution < -0.4 is 143 Å². The smallest absolute Gasteiger partial charge is 1.00 e. The number of ketones is 5. The number of aliphatic carboxylic acids is 2. The van der Waals surface area contributed by atoms with Gasteiger partial charge in [-0.2, -0.15) is 0 Å². The molecule has 778 valence electrons. The number of allylic oxidation sites excluding steroid dienone is 41. The van der Waals surface area contributed by atoms with Gasteiger partial charge in [0.05, 0.1) is 58.2 Å². The molecule has 4 atom stereocenters. The third-order valence-corrected chi connectivity index (χ3v) is 27.5. The molecule has 7 rings (SSSR count). The summed E-state index contributed by atoms with van der Waals surface area (Å²) in [6.45, 7) is 40.2. The maximum atomic E-state index is 13.5. The van der Waals surface area contributed by atoms with Crippen molar-refractivity contribution in [1.29, 1.82) is 0 Å². The van der Waals surface area contributed by atoms with Gasteiger partial charge in [-0.15, -0.1) is 0 Å². The number of Topliss-reactive ketones (excluding diaryl/α,β-unsaturated/α-hetero) is 5. The van der Waals surface area contributed by atoms with Gasteiger partial charge in [0.1, 0.15) is 5.78 Å². The number of hydrogen-bond donors (Lipinski definition) is 2. The molecule has 0 heterocycles. The molecule has 4 unspecified atom stereocenters. The van der Waals surface area contributed by atoms with Crippen molar-refractivity contribution in [3.8, 4) is 0 Å². The topological polar surface area (TPSA) is 341 Å². The zero-order valence-corrected chi connectivity index (χ0v) is 104. The summed E-state index contributed by atoms with van der Waals surface area (Å²) >= 11 is 3.51. The van der Waals surface area contributed by atoms with Crippen LogP contribution in [-0.4, -0.2) is 124 Å². The standard InChI is InChI=1S/C63H86O9.C48H60O10.C7H13Br.CH2O3.2Cs.H/c1-44(23-19-25-46(3)31-34-54-48(5)60(68)52(40-62(54,7)8)39-53(64)33-36-57(65)70-42-50-27-13-11-14-28-50)21-17-18-22-45(2)24-20-26-47(4)32-35-55-49(6)61(69)56(41-63(55,9)10)72-59(67)38-37-58(66)71-43-51-29-15-12-16-30-51;1-31(17-13-19-33(3)21-23-37-35(5)45(55)39(29-47(37,7)8)57-43(53)27-25-41(49)50)15-11-12-16-32(2)18-14-20-34(4)22-24-38-36(6)46(56)40(30-48(38,9)10)58-44(54)28-26-42(51)52;8-6-7-4-2-1-3-5-7;2-1-4-3;;;/h17-26,31-32,34-35,50-52,56H,11-16,27-30,33,36-43H2,1-10H3;11-24,39-40H,25-30H2,1-10H3,(H,49,50)(H,51,52);7H,1-6H2;1,3H;;;/q;;;;2*+1;-1/p-1/b18-17+,23-19+,24-20+,34-31+,35-32+,44-21+,45-22+,46-25+,47-26+;12-11+,17-13+,18-14+,23-21+,24-22+,31-15+,32-16+,33-19+,34-20+;;;;;. The van der Waals surface area contributed by atoms with Crippen LogP contribution in [0.2, 0.25) is 0 Å². The minimum absolute atomic E-state index is 0. The minimum atomic E-state index is -1.09. The fourth-order valence-electron chi connectivity index (χ4n) is 18.3.